The molecule has 1 saturated heterocycles. The zero-order chi connectivity index (χ0) is 28.8. The van der Waals surface area contributed by atoms with E-state index in [9.17, 15) is 4.79 Å². The number of carbonyl (C=O) groups is 1. The van der Waals surface area contributed by atoms with Crippen molar-refractivity contribution in [3.63, 3.8) is 0 Å². The van der Waals surface area contributed by atoms with E-state index in [-0.39, 0.29) is 11.9 Å². The zero-order valence-electron chi connectivity index (χ0n) is 25.0. The molecular formula is C33H62N2O. The van der Waals surface area contributed by atoms with Gasteiger partial charge in [-0.2, -0.15) is 0 Å². The number of carbonyl (C=O) groups excluding carboxylic acids is 1. The number of terminal acetylenes is 3. The van der Waals surface area contributed by atoms with Crippen LogP contribution in [0.3, 0.4) is 0 Å². The standard InChI is InChI=1S/C19H34N2O.C4H10.2C2H6.3C2H2/c20-18(19(22)21-13-7-8-14-21)17(15-9-3-1-4-10-15)16-11-5-2-6-12-16;1-3-4-2;5*1-2/h15-18H,1-14,20H2;3-4H2,1-2H3;2*1-2H3;3*1-2H/t18-;;;;;;/m1....../s1. The number of hydrogen-bond donors (Lipinski definition) is 1. The third kappa shape index (κ3) is 17.5. The topological polar surface area (TPSA) is 46.3 Å². The molecule has 1 aliphatic heterocycles. The molecule has 1 amide bonds. The molecule has 0 aromatic heterocycles. The molecule has 1 atom stereocenters. The van der Waals surface area contributed by atoms with Gasteiger partial charge < -0.3 is 10.6 Å². The summed E-state index contributed by atoms with van der Waals surface area (Å²) < 4.78 is 0. The summed E-state index contributed by atoms with van der Waals surface area (Å²) in [5.74, 6) is 2.13. The second-order valence-electron chi connectivity index (χ2n) is 8.93. The summed E-state index contributed by atoms with van der Waals surface area (Å²) in [6.45, 7) is 14.2. The lowest BCUT2D eigenvalue weighted by molar-refractivity contribution is -0.134. The van der Waals surface area contributed by atoms with Gasteiger partial charge in [-0.1, -0.05) is 119 Å². The third-order valence-corrected chi connectivity index (χ3v) is 7.01. The monoisotopic (exact) mass is 502 g/mol. The first-order valence-electron chi connectivity index (χ1n) is 14.7. The van der Waals surface area contributed by atoms with Gasteiger partial charge in [-0.3, -0.25) is 4.79 Å². The maximum Gasteiger partial charge on any atom is 0.239 e. The molecule has 210 valence electrons. The maximum atomic E-state index is 12.9. The summed E-state index contributed by atoms with van der Waals surface area (Å²) in [6.07, 6.45) is 42.3. The summed E-state index contributed by atoms with van der Waals surface area (Å²) in [4.78, 5) is 14.9. The van der Waals surface area contributed by atoms with Crippen molar-refractivity contribution in [1.82, 2.24) is 4.90 Å². The minimum Gasteiger partial charge on any atom is -0.341 e. The van der Waals surface area contributed by atoms with Crippen molar-refractivity contribution in [2.45, 2.75) is 137 Å². The van der Waals surface area contributed by atoms with Gasteiger partial charge in [-0.25, -0.2) is 0 Å². The zero-order valence-corrected chi connectivity index (χ0v) is 25.0. The maximum absolute atomic E-state index is 12.9. The van der Waals surface area contributed by atoms with Crippen LogP contribution in [-0.4, -0.2) is 29.9 Å². The fourth-order valence-corrected chi connectivity index (χ4v) is 5.32. The SMILES string of the molecule is C#C.C#C.C#C.CC.CC.CCCC.N[C@@H](C(=O)N1CCCC1)C(C1CCCCC1)C1CCCCC1. The first-order valence-corrected chi connectivity index (χ1v) is 14.7. The van der Waals surface area contributed by atoms with Crippen LogP contribution >= 0.6 is 0 Å². The number of unbranched alkanes of at least 4 members (excludes halogenated alkanes) is 1. The quantitative estimate of drug-likeness (QED) is 0.384. The second kappa shape index (κ2) is 33.1. The predicted octanol–water partition coefficient (Wildman–Crippen LogP) is 8.32. The normalized spacial score (nSPS) is 17.6. The molecule has 2 saturated carbocycles. The van der Waals surface area contributed by atoms with Crippen LogP contribution in [-0.2, 0) is 4.79 Å². The molecule has 3 heteroatoms. The highest BCUT2D eigenvalue weighted by atomic mass is 16.2. The Morgan fingerprint density at radius 3 is 1.25 bits per heavy atom. The van der Waals surface area contributed by atoms with Crippen molar-refractivity contribution >= 4 is 5.91 Å². The summed E-state index contributed by atoms with van der Waals surface area (Å²) in [7, 11) is 0. The Balaban J connectivity index is -0.000000313. The molecule has 3 nitrogen and oxygen atoms in total. The molecule has 0 unspecified atom stereocenters. The Morgan fingerprint density at radius 2 is 0.972 bits per heavy atom. The van der Waals surface area contributed by atoms with Crippen molar-refractivity contribution < 1.29 is 4.79 Å². The number of hydrogen-bond acceptors (Lipinski definition) is 2. The van der Waals surface area contributed by atoms with Crippen LogP contribution < -0.4 is 5.73 Å². The third-order valence-electron chi connectivity index (χ3n) is 7.01. The molecule has 0 aromatic carbocycles. The van der Waals surface area contributed by atoms with E-state index < -0.39 is 0 Å². The Hall–Kier alpha value is -1.89. The van der Waals surface area contributed by atoms with Crippen LogP contribution in [0.15, 0.2) is 0 Å². The highest BCUT2D eigenvalue weighted by Gasteiger charge is 2.39. The van der Waals surface area contributed by atoms with Crippen LogP contribution in [0.5, 0.6) is 0 Å². The van der Waals surface area contributed by atoms with Gasteiger partial charge in [0.25, 0.3) is 0 Å². The molecule has 3 aliphatic rings. The molecule has 2 N–H and O–H groups in total. The van der Waals surface area contributed by atoms with Gasteiger partial charge in [0.15, 0.2) is 0 Å². The highest BCUT2D eigenvalue weighted by Crippen LogP contribution is 2.41. The van der Waals surface area contributed by atoms with E-state index in [1.807, 2.05) is 32.6 Å². The fraction of sp³-hybridized carbons (Fsp3) is 0.788. The van der Waals surface area contributed by atoms with Crippen LogP contribution in [0.25, 0.3) is 0 Å². The number of likely N-dealkylation sites (tertiary alicyclic amines) is 1. The minimum atomic E-state index is -0.232. The molecule has 36 heavy (non-hydrogen) atoms. The first-order chi connectivity index (χ1) is 17.7. The van der Waals surface area contributed by atoms with E-state index in [4.69, 9.17) is 5.73 Å². The number of nitrogens with zero attached hydrogens (tertiary/aromatic N) is 1. The second-order valence-corrected chi connectivity index (χ2v) is 8.93. The lowest BCUT2D eigenvalue weighted by Crippen LogP contribution is -2.51. The number of amides is 1. The van der Waals surface area contributed by atoms with Crippen molar-refractivity contribution in [2.75, 3.05) is 13.1 Å². The van der Waals surface area contributed by atoms with E-state index in [1.165, 1.54) is 77.0 Å². The van der Waals surface area contributed by atoms with Crippen molar-refractivity contribution in [3.8, 4) is 38.5 Å². The van der Waals surface area contributed by atoms with E-state index in [1.54, 1.807) is 0 Å². The smallest absolute Gasteiger partial charge is 0.239 e. The van der Waals surface area contributed by atoms with Crippen molar-refractivity contribution in [2.24, 2.45) is 23.5 Å². The van der Waals surface area contributed by atoms with Crippen molar-refractivity contribution in [3.05, 3.63) is 0 Å². The van der Waals surface area contributed by atoms with Gasteiger partial charge in [0.2, 0.25) is 5.91 Å². The lowest BCUT2D eigenvalue weighted by atomic mass is 9.66. The van der Waals surface area contributed by atoms with E-state index in [0.717, 1.165) is 25.9 Å². The summed E-state index contributed by atoms with van der Waals surface area (Å²) in [6, 6.07) is -0.232. The Morgan fingerprint density at radius 1 is 0.667 bits per heavy atom. The van der Waals surface area contributed by atoms with E-state index in [2.05, 4.69) is 52.4 Å². The van der Waals surface area contributed by atoms with Gasteiger partial charge in [0.1, 0.15) is 0 Å². The van der Waals surface area contributed by atoms with Gasteiger partial charge in [0.05, 0.1) is 6.04 Å². The van der Waals surface area contributed by atoms with Gasteiger partial charge in [-0.05, 0) is 30.6 Å². The first kappa shape index (κ1) is 41.2. The van der Waals surface area contributed by atoms with E-state index >= 15 is 0 Å². The highest BCUT2D eigenvalue weighted by molar-refractivity contribution is 5.82. The molecule has 1 heterocycles. The number of rotatable bonds is 5. The van der Waals surface area contributed by atoms with Gasteiger partial charge in [-0.15, -0.1) is 38.5 Å². The summed E-state index contributed by atoms with van der Waals surface area (Å²) in [5, 5.41) is 0. The molecule has 0 spiro atoms. The average molecular weight is 503 g/mol. The molecule has 0 aromatic rings. The Labute approximate surface area is 228 Å². The fourth-order valence-electron chi connectivity index (χ4n) is 5.32. The van der Waals surface area contributed by atoms with Crippen LogP contribution in [0, 0.1) is 56.3 Å². The minimum absolute atomic E-state index is 0.232. The van der Waals surface area contributed by atoms with E-state index in [0.29, 0.717) is 17.8 Å². The van der Waals surface area contributed by atoms with Crippen molar-refractivity contribution in [1.29, 1.82) is 0 Å². The molecule has 3 rings (SSSR count). The predicted molar refractivity (Wildman–Crippen MR) is 163 cm³/mol. The van der Waals surface area contributed by atoms with Crippen LogP contribution in [0.2, 0.25) is 0 Å². The molecular weight excluding hydrogens is 440 g/mol. The summed E-state index contributed by atoms with van der Waals surface area (Å²) in [5.41, 5.74) is 6.61. The Bertz CT molecular complexity index is 455. The largest absolute Gasteiger partial charge is 0.341 e. The lowest BCUT2D eigenvalue weighted by Gasteiger charge is -2.41. The van der Waals surface area contributed by atoms with Crippen LogP contribution in [0.1, 0.15) is 131 Å². The molecule has 0 radical (unpaired) electrons. The van der Waals surface area contributed by atoms with Gasteiger partial charge >= 0.3 is 0 Å². The van der Waals surface area contributed by atoms with Crippen LogP contribution in [0.4, 0.5) is 0 Å². The average Bonchev–Trinajstić information content (AvgIpc) is 3.54. The Kier molecular flexibility index (Phi) is 37.9. The summed E-state index contributed by atoms with van der Waals surface area (Å²) >= 11 is 0. The molecule has 0 bridgehead atoms. The molecule has 2 aliphatic carbocycles. The number of nitrogens with two attached hydrogens (primary N) is 1. The molecule has 3 fully saturated rings. The van der Waals surface area contributed by atoms with Gasteiger partial charge in [0, 0.05) is 13.1 Å².